The number of hydrogen-bond acceptors (Lipinski definition) is 5. The first-order valence-electron chi connectivity index (χ1n) is 9.62. The van der Waals surface area contributed by atoms with Gasteiger partial charge in [-0.1, -0.05) is 20.3 Å². The maximum absolute atomic E-state index is 13.6. The first kappa shape index (κ1) is 18.0. The fraction of sp³-hybridized carbons (Fsp3) is 0.500. The number of nitrogens with zero attached hydrogens (tertiary/aromatic N) is 5. The number of hydrogen-bond donors (Lipinski definition) is 0. The highest BCUT2D eigenvalue weighted by molar-refractivity contribution is 5.88. The van der Waals surface area contributed by atoms with Crippen molar-refractivity contribution in [3.05, 3.63) is 36.2 Å². The molecule has 0 bridgehead atoms. The van der Waals surface area contributed by atoms with E-state index in [-0.39, 0.29) is 12.0 Å². The highest BCUT2D eigenvalue weighted by Gasteiger charge is 2.25. The van der Waals surface area contributed by atoms with E-state index in [1.807, 2.05) is 10.7 Å². The molecule has 4 rings (SSSR count). The van der Waals surface area contributed by atoms with Gasteiger partial charge in [0.2, 0.25) is 0 Å². The van der Waals surface area contributed by atoms with Crippen molar-refractivity contribution < 1.29 is 9.13 Å². The number of rotatable bonds is 5. The number of aromatic nitrogens is 5. The van der Waals surface area contributed by atoms with Crippen LogP contribution in [0.25, 0.3) is 22.4 Å². The molecule has 142 valence electrons. The lowest BCUT2D eigenvalue weighted by molar-refractivity contribution is 0.0665. The third kappa shape index (κ3) is 3.56. The van der Waals surface area contributed by atoms with Crippen LogP contribution in [0.1, 0.15) is 57.3 Å². The van der Waals surface area contributed by atoms with E-state index in [2.05, 4.69) is 23.8 Å². The predicted octanol–water partition coefficient (Wildman–Crippen LogP) is 4.28. The van der Waals surface area contributed by atoms with E-state index < -0.39 is 5.82 Å². The second kappa shape index (κ2) is 7.68. The molecule has 1 atom stereocenters. The van der Waals surface area contributed by atoms with Gasteiger partial charge in [-0.25, -0.2) is 14.1 Å². The molecule has 1 saturated heterocycles. The lowest BCUT2D eigenvalue weighted by Gasteiger charge is -2.23. The summed E-state index contributed by atoms with van der Waals surface area (Å²) in [4.78, 5) is 13.4. The quantitative estimate of drug-likeness (QED) is 0.671. The van der Waals surface area contributed by atoms with Gasteiger partial charge in [0.25, 0.3) is 0 Å². The zero-order valence-corrected chi connectivity index (χ0v) is 15.7. The van der Waals surface area contributed by atoms with Crippen LogP contribution in [0.3, 0.4) is 0 Å². The van der Waals surface area contributed by atoms with Gasteiger partial charge in [-0.2, -0.15) is 5.10 Å². The minimum Gasteiger partial charge on any atom is -0.381 e. The van der Waals surface area contributed by atoms with Gasteiger partial charge in [0.15, 0.2) is 11.6 Å². The molecule has 6 nitrogen and oxygen atoms in total. The molecular formula is C20H24FN5O. The zero-order valence-electron chi connectivity index (χ0n) is 15.7. The Hall–Kier alpha value is -2.41. The smallest absolute Gasteiger partial charge is 0.160 e. The minimum atomic E-state index is -0.393. The number of ether oxygens (including phenoxy) is 1. The largest absolute Gasteiger partial charge is 0.381 e. The Morgan fingerprint density at radius 1 is 1.30 bits per heavy atom. The standard InChI is InChI=1S/C20H24FN5O/c1-3-4-13(2)19-24-20(26(25-19)15-6-9-27-10-7-15)16-5-8-22-17-11-14(21)12-23-18(16)17/h5,8,11-13,15H,3-4,6-7,9-10H2,1-2H3. The molecule has 3 aromatic heterocycles. The molecule has 27 heavy (non-hydrogen) atoms. The molecule has 4 heterocycles. The number of fused-ring (bicyclic) bond motifs is 1. The number of pyridine rings is 2. The molecule has 1 fully saturated rings. The van der Waals surface area contributed by atoms with Crippen molar-refractivity contribution in [3.63, 3.8) is 0 Å². The molecule has 0 aromatic carbocycles. The highest BCUT2D eigenvalue weighted by Crippen LogP contribution is 2.32. The van der Waals surface area contributed by atoms with Gasteiger partial charge < -0.3 is 4.74 Å². The molecule has 7 heteroatoms. The van der Waals surface area contributed by atoms with Gasteiger partial charge in [0, 0.05) is 37.0 Å². The lowest BCUT2D eigenvalue weighted by Crippen LogP contribution is -2.21. The topological polar surface area (TPSA) is 65.7 Å². The molecule has 0 saturated carbocycles. The Bertz CT molecular complexity index is 935. The molecule has 1 unspecified atom stereocenters. The van der Waals surface area contributed by atoms with Crippen LogP contribution in [-0.2, 0) is 4.74 Å². The molecule has 0 aliphatic carbocycles. The summed E-state index contributed by atoms with van der Waals surface area (Å²) in [6.45, 7) is 5.78. The van der Waals surface area contributed by atoms with Crippen molar-refractivity contribution in [2.75, 3.05) is 13.2 Å². The van der Waals surface area contributed by atoms with Crippen molar-refractivity contribution in [1.29, 1.82) is 0 Å². The Morgan fingerprint density at radius 3 is 2.89 bits per heavy atom. The number of halogens is 1. The summed E-state index contributed by atoms with van der Waals surface area (Å²) in [5.74, 6) is 1.53. The third-order valence-corrected chi connectivity index (χ3v) is 5.13. The molecule has 0 N–H and O–H groups in total. The summed E-state index contributed by atoms with van der Waals surface area (Å²) in [5.41, 5.74) is 2.01. The maximum Gasteiger partial charge on any atom is 0.160 e. The molecule has 1 aliphatic rings. The van der Waals surface area contributed by atoms with Gasteiger partial charge in [-0.05, 0) is 25.3 Å². The monoisotopic (exact) mass is 369 g/mol. The maximum atomic E-state index is 13.6. The SMILES string of the molecule is CCCC(C)c1nc(-c2ccnc3cc(F)cnc23)n(C2CCOCC2)n1. The van der Waals surface area contributed by atoms with Crippen LogP contribution in [-0.4, -0.2) is 37.9 Å². The van der Waals surface area contributed by atoms with Crippen LogP contribution in [0.5, 0.6) is 0 Å². The molecular weight excluding hydrogens is 345 g/mol. The summed E-state index contributed by atoms with van der Waals surface area (Å²) < 4.78 is 21.1. The first-order valence-corrected chi connectivity index (χ1v) is 9.62. The van der Waals surface area contributed by atoms with E-state index in [0.29, 0.717) is 11.0 Å². The van der Waals surface area contributed by atoms with Crippen LogP contribution in [0.2, 0.25) is 0 Å². The average Bonchev–Trinajstić information content (AvgIpc) is 3.13. The van der Waals surface area contributed by atoms with E-state index in [1.165, 1.54) is 12.3 Å². The normalized spacial score (nSPS) is 16.7. The fourth-order valence-electron chi connectivity index (χ4n) is 3.66. The molecule has 0 radical (unpaired) electrons. The molecule has 3 aromatic rings. The van der Waals surface area contributed by atoms with Crippen molar-refractivity contribution in [2.45, 2.75) is 51.5 Å². The minimum absolute atomic E-state index is 0.243. The second-order valence-electron chi connectivity index (χ2n) is 7.15. The summed E-state index contributed by atoms with van der Waals surface area (Å²) in [5, 5.41) is 4.88. The first-order chi connectivity index (χ1) is 13.2. The van der Waals surface area contributed by atoms with E-state index >= 15 is 0 Å². The van der Waals surface area contributed by atoms with Crippen LogP contribution in [0.4, 0.5) is 4.39 Å². The van der Waals surface area contributed by atoms with E-state index in [4.69, 9.17) is 14.8 Å². The molecule has 0 amide bonds. The van der Waals surface area contributed by atoms with Gasteiger partial charge >= 0.3 is 0 Å². The average molecular weight is 369 g/mol. The van der Waals surface area contributed by atoms with Crippen LogP contribution in [0, 0.1) is 5.82 Å². The third-order valence-electron chi connectivity index (χ3n) is 5.13. The second-order valence-corrected chi connectivity index (χ2v) is 7.15. The van der Waals surface area contributed by atoms with Crippen LogP contribution >= 0.6 is 0 Å². The van der Waals surface area contributed by atoms with Gasteiger partial charge in [-0.15, -0.1) is 0 Å². The van der Waals surface area contributed by atoms with Crippen LogP contribution < -0.4 is 0 Å². The van der Waals surface area contributed by atoms with E-state index in [0.717, 1.165) is 56.1 Å². The summed E-state index contributed by atoms with van der Waals surface area (Å²) >= 11 is 0. The Morgan fingerprint density at radius 2 is 2.11 bits per heavy atom. The molecule has 0 spiro atoms. The summed E-state index contributed by atoms with van der Waals surface area (Å²) in [6.07, 6.45) is 6.84. The Labute approximate surface area is 157 Å². The van der Waals surface area contributed by atoms with Crippen molar-refractivity contribution >= 4 is 11.0 Å². The van der Waals surface area contributed by atoms with Crippen molar-refractivity contribution in [2.24, 2.45) is 0 Å². The summed E-state index contributed by atoms with van der Waals surface area (Å²) in [7, 11) is 0. The van der Waals surface area contributed by atoms with E-state index in [1.54, 1.807) is 6.20 Å². The fourth-order valence-corrected chi connectivity index (χ4v) is 3.66. The highest BCUT2D eigenvalue weighted by atomic mass is 19.1. The van der Waals surface area contributed by atoms with Crippen molar-refractivity contribution in [3.8, 4) is 11.4 Å². The van der Waals surface area contributed by atoms with Crippen molar-refractivity contribution in [1.82, 2.24) is 24.7 Å². The van der Waals surface area contributed by atoms with Gasteiger partial charge in [0.05, 0.1) is 23.3 Å². The predicted molar refractivity (Wildman–Crippen MR) is 101 cm³/mol. The van der Waals surface area contributed by atoms with E-state index in [9.17, 15) is 4.39 Å². The summed E-state index contributed by atoms with van der Waals surface area (Å²) in [6, 6.07) is 3.54. The Balaban J connectivity index is 1.85. The molecule has 1 aliphatic heterocycles. The Kier molecular flexibility index (Phi) is 5.11. The lowest BCUT2D eigenvalue weighted by atomic mass is 10.1. The van der Waals surface area contributed by atoms with Crippen LogP contribution in [0.15, 0.2) is 24.5 Å². The zero-order chi connectivity index (χ0) is 18.8. The van der Waals surface area contributed by atoms with Gasteiger partial charge in [0.1, 0.15) is 5.82 Å². The van der Waals surface area contributed by atoms with Gasteiger partial charge in [-0.3, -0.25) is 9.97 Å².